The van der Waals surface area contributed by atoms with Crippen LogP contribution in [0.25, 0.3) is 16.7 Å². The van der Waals surface area contributed by atoms with E-state index in [0.717, 1.165) is 42.1 Å². The number of anilines is 4. The van der Waals surface area contributed by atoms with Crippen LogP contribution < -0.4 is 21.1 Å². The zero-order chi connectivity index (χ0) is 28.5. The number of fused-ring (bicyclic) bond motifs is 1. The van der Waals surface area contributed by atoms with Crippen LogP contribution in [0, 0.1) is 0 Å². The van der Waals surface area contributed by atoms with Gasteiger partial charge in [0, 0.05) is 43.8 Å². The topological polar surface area (TPSA) is 121 Å². The molecule has 0 saturated carbocycles. The molecule has 4 heterocycles. The van der Waals surface area contributed by atoms with Gasteiger partial charge in [-0.1, -0.05) is 29.3 Å². The Morgan fingerprint density at radius 2 is 1.68 bits per heavy atom. The molecule has 3 aromatic heterocycles. The zero-order valence-corrected chi connectivity index (χ0v) is 23.4. The first-order valence-corrected chi connectivity index (χ1v) is 13.5. The first-order valence-electron chi connectivity index (χ1n) is 12.8. The maximum absolute atomic E-state index is 13.7. The van der Waals surface area contributed by atoms with Gasteiger partial charge >= 0.3 is 0 Å². The fraction of sp³-hybridized carbons (Fsp3) is 0.179. The Bertz CT molecular complexity index is 1760. The fourth-order valence-corrected chi connectivity index (χ4v) is 5.12. The average molecular weight is 591 g/mol. The van der Waals surface area contributed by atoms with Crippen LogP contribution in [0.2, 0.25) is 10.0 Å². The number of amides is 1. The van der Waals surface area contributed by atoms with Gasteiger partial charge in [0.25, 0.3) is 11.5 Å². The quantitative estimate of drug-likeness (QED) is 0.286. The van der Waals surface area contributed by atoms with E-state index >= 15 is 0 Å². The number of aromatic nitrogens is 4. The lowest BCUT2D eigenvalue weighted by Gasteiger charge is -2.34. The lowest BCUT2D eigenvalue weighted by atomic mass is 10.2. The van der Waals surface area contributed by atoms with Gasteiger partial charge in [0.05, 0.1) is 22.0 Å². The standard InChI is InChI=1S/C28H24Cl2N8O3/c1-36-11-13-37(14-12-36)18-9-7-17(8-10-18)32-27-31-16-19-24(33-27)34-28(35-25(39)22-6-3-15-41-22)38(26(19)40)23-20(29)4-2-5-21(23)30/h2-10,15-16H,11-14H2,1H3,(H2,31,32,33,34,35,39). The second-order valence-corrected chi connectivity index (χ2v) is 10.3. The van der Waals surface area contributed by atoms with Gasteiger partial charge in [0.1, 0.15) is 5.39 Å². The van der Waals surface area contributed by atoms with E-state index in [-0.39, 0.29) is 44.4 Å². The van der Waals surface area contributed by atoms with Crippen molar-refractivity contribution >= 4 is 63.4 Å². The van der Waals surface area contributed by atoms with Gasteiger partial charge in [-0.25, -0.2) is 9.55 Å². The molecule has 1 aliphatic rings. The van der Waals surface area contributed by atoms with Gasteiger partial charge in [0.15, 0.2) is 11.4 Å². The van der Waals surface area contributed by atoms with E-state index in [1.807, 2.05) is 24.3 Å². The van der Waals surface area contributed by atoms with Gasteiger partial charge in [-0.15, -0.1) is 0 Å². The molecule has 0 unspecified atom stereocenters. The number of furan rings is 1. The summed E-state index contributed by atoms with van der Waals surface area (Å²) in [6, 6.07) is 15.8. The number of nitrogens with one attached hydrogen (secondary N) is 2. The predicted molar refractivity (Wildman–Crippen MR) is 159 cm³/mol. The predicted octanol–water partition coefficient (Wildman–Crippen LogP) is 4.82. The molecule has 0 bridgehead atoms. The van der Waals surface area contributed by atoms with Gasteiger partial charge in [-0.2, -0.15) is 9.97 Å². The third-order valence-electron chi connectivity index (χ3n) is 6.75. The molecular formula is C28H24Cl2N8O3. The summed E-state index contributed by atoms with van der Waals surface area (Å²) in [5, 5.41) is 6.26. The maximum Gasteiger partial charge on any atom is 0.293 e. The molecule has 0 aliphatic carbocycles. The lowest BCUT2D eigenvalue weighted by molar-refractivity contribution is 0.0995. The van der Waals surface area contributed by atoms with Gasteiger partial charge in [-0.3, -0.25) is 14.9 Å². The van der Waals surface area contributed by atoms with Crippen molar-refractivity contribution in [1.29, 1.82) is 0 Å². The number of halogens is 2. The summed E-state index contributed by atoms with van der Waals surface area (Å²) in [7, 11) is 2.13. The number of rotatable bonds is 6. The highest BCUT2D eigenvalue weighted by Gasteiger charge is 2.22. The Morgan fingerprint density at radius 3 is 2.37 bits per heavy atom. The Morgan fingerprint density at radius 1 is 0.951 bits per heavy atom. The monoisotopic (exact) mass is 590 g/mol. The van der Waals surface area contributed by atoms with E-state index in [1.165, 1.54) is 18.5 Å². The van der Waals surface area contributed by atoms with Crippen LogP contribution in [0.4, 0.5) is 23.3 Å². The minimum atomic E-state index is -0.619. The minimum Gasteiger partial charge on any atom is -0.459 e. The van der Waals surface area contributed by atoms with E-state index in [9.17, 15) is 9.59 Å². The van der Waals surface area contributed by atoms with Crippen LogP contribution in [-0.2, 0) is 0 Å². The van der Waals surface area contributed by atoms with Crippen molar-refractivity contribution in [2.24, 2.45) is 0 Å². The normalized spacial score (nSPS) is 13.9. The van der Waals surface area contributed by atoms with Gasteiger partial charge in [-0.05, 0) is 55.6 Å². The molecule has 0 radical (unpaired) electrons. The maximum atomic E-state index is 13.7. The number of hydrogen-bond acceptors (Lipinski definition) is 9. The van der Waals surface area contributed by atoms with E-state index in [4.69, 9.17) is 27.6 Å². The molecule has 1 amide bonds. The van der Waals surface area contributed by atoms with Crippen molar-refractivity contribution < 1.29 is 9.21 Å². The molecule has 1 aliphatic heterocycles. The average Bonchev–Trinajstić information content (AvgIpc) is 3.51. The number of likely N-dealkylation sites (N-methyl/N-ethyl adjacent to an activating group) is 1. The second kappa shape index (κ2) is 11.2. The number of carbonyl (C=O) groups is 1. The summed E-state index contributed by atoms with van der Waals surface area (Å²) >= 11 is 12.9. The summed E-state index contributed by atoms with van der Waals surface area (Å²) in [4.78, 5) is 44.5. The number of carbonyl (C=O) groups excluding carboxylic acids is 1. The molecule has 1 fully saturated rings. The Labute approximate surface area is 244 Å². The van der Waals surface area contributed by atoms with E-state index < -0.39 is 11.5 Å². The molecule has 1 saturated heterocycles. The third-order valence-corrected chi connectivity index (χ3v) is 7.36. The van der Waals surface area contributed by atoms with Crippen molar-refractivity contribution in [3.05, 3.63) is 93.2 Å². The van der Waals surface area contributed by atoms with E-state index in [0.29, 0.717) is 0 Å². The molecular weight excluding hydrogens is 567 g/mol. The number of piperazine rings is 1. The SMILES string of the molecule is CN1CCN(c2ccc(Nc3ncc4c(=O)n(-c5c(Cl)cccc5Cl)c(NC(=O)c5ccco5)nc4n3)cc2)CC1. The second-order valence-electron chi connectivity index (χ2n) is 9.47. The van der Waals surface area contributed by atoms with Crippen LogP contribution in [-0.4, -0.2) is 63.6 Å². The van der Waals surface area contributed by atoms with Crippen molar-refractivity contribution in [3.8, 4) is 5.69 Å². The molecule has 0 atom stereocenters. The van der Waals surface area contributed by atoms with Crippen LogP contribution in [0.5, 0.6) is 0 Å². The van der Waals surface area contributed by atoms with Gasteiger partial charge in [0.2, 0.25) is 11.9 Å². The lowest BCUT2D eigenvalue weighted by Crippen LogP contribution is -2.44. The Kier molecular flexibility index (Phi) is 7.31. The first-order chi connectivity index (χ1) is 19.9. The smallest absolute Gasteiger partial charge is 0.293 e. The number of benzene rings is 2. The molecule has 6 rings (SSSR count). The minimum absolute atomic E-state index is 0.0289. The van der Waals surface area contributed by atoms with E-state index in [1.54, 1.807) is 24.3 Å². The van der Waals surface area contributed by atoms with Crippen molar-refractivity contribution in [3.63, 3.8) is 0 Å². The molecule has 0 spiro atoms. The zero-order valence-electron chi connectivity index (χ0n) is 21.8. The van der Waals surface area contributed by atoms with Crippen molar-refractivity contribution in [1.82, 2.24) is 24.4 Å². The highest BCUT2D eigenvalue weighted by atomic mass is 35.5. The summed E-state index contributed by atoms with van der Waals surface area (Å²) in [6.07, 6.45) is 2.74. The van der Waals surface area contributed by atoms with Crippen LogP contribution in [0.1, 0.15) is 10.6 Å². The van der Waals surface area contributed by atoms with Crippen molar-refractivity contribution in [2.75, 3.05) is 48.8 Å². The van der Waals surface area contributed by atoms with Crippen LogP contribution in [0.15, 0.2) is 76.3 Å². The summed E-state index contributed by atoms with van der Waals surface area (Å²) in [5.41, 5.74) is 1.57. The summed E-state index contributed by atoms with van der Waals surface area (Å²) in [5.74, 6) is -0.499. The third kappa shape index (κ3) is 5.47. The Hall–Kier alpha value is -4.45. The molecule has 41 heavy (non-hydrogen) atoms. The Balaban J connectivity index is 1.35. The number of hydrogen-bond donors (Lipinski definition) is 2. The summed E-state index contributed by atoms with van der Waals surface area (Å²) in [6.45, 7) is 3.98. The van der Waals surface area contributed by atoms with Crippen LogP contribution >= 0.6 is 23.2 Å². The summed E-state index contributed by atoms with van der Waals surface area (Å²) < 4.78 is 6.32. The van der Waals surface area contributed by atoms with Crippen LogP contribution in [0.3, 0.4) is 0 Å². The highest BCUT2D eigenvalue weighted by molar-refractivity contribution is 6.37. The molecule has 2 N–H and O–H groups in total. The largest absolute Gasteiger partial charge is 0.459 e. The molecule has 208 valence electrons. The molecule has 5 aromatic rings. The van der Waals surface area contributed by atoms with Crippen molar-refractivity contribution in [2.45, 2.75) is 0 Å². The molecule has 13 heteroatoms. The highest BCUT2D eigenvalue weighted by Crippen LogP contribution is 2.30. The van der Waals surface area contributed by atoms with E-state index in [2.05, 4.69) is 42.4 Å². The fourth-order valence-electron chi connectivity index (χ4n) is 4.55. The number of para-hydroxylation sites is 1. The first kappa shape index (κ1) is 26.8. The number of nitrogens with zero attached hydrogens (tertiary/aromatic N) is 6. The molecule has 11 nitrogen and oxygen atoms in total. The van der Waals surface area contributed by atoms with Gasteiger partial charge < -0.3 is 19.5 Å². The molecule has 2 aromatic carbocycles.